The van der Waals surface area contributed by atoms with Gasteiger partial charge in [-0.2, -0.15) is 0 Å². The molecule has 0 aromatic carbocycles. The molecule has 1 N–H and O–H groups in total. The first-order chi connectivity index (χ1) is 4.72. The highest BCUT2D eigenvalue weighted by Crippen LogP contribution is 2.18. The quantitative estimate of drug-likeness (QED) is 0.580. The lowest BCUT2D eigenvalue weighted by atomic mass is 10.1. The molecule has 1 aliphatic rings. The molecular formula is C7H10O3. The van der Waals surface area contributed by atoms with E-state index in [-0.39, 0.29) is 11.7 Å². The van der Waals surface area contributed by atoms with Crippen molar-refractivity contribution in [1.29, 1.82) is 0 Å². The van der Waals surface area contributed by atoms with Gasteiger partial charge in [0.05, 0.1) is 11.7 Å². The number of hydrogen-bond acceptors (Lipinski definition) is 2. The first-order valence-corrected chi connectivity index (χ1v) is 3.25. The first kappa shape index (κ1) is 7.28. The second kappa shape index (κ2) is 2.84. The number of aliphatic carboxylic acids is 1. The molecule has 1 unspecified atom stereocenters. The summed E-state index contributed by atoms with van der Waals surface area (Å²) < 4.78 is 5.10. The Morgan fingerprint density at radius 2 is 2.40 bits per heavy atom. The van der Waals surface area contributed by atoms with Gasteiger partial charge in [-0.3, -0.25) is 0 Å². The van der Waals surface area contributed by atoms with E-state index in [9.17, 15) is 4.79 Å². The van der Waals surface area contributed by atoms with Crippen LogP contribution in [0.1, 0.15) is 12.8 Å². The normalized spacial score (nSPS) is 24.6. The third kappa shape index (κ3) is 1.36. The lowest BCUT2D eigenvalue weighted by Gasteiger charge is -2.06. The molecule has 1 heterocycles. The van der Waals surface area contributed by atoms with Crippen LogP contribution in [-0.2, 0) is 9.53 Å². The average Bonchev–Trinajstić information content (AvgIpc) is 2.36. The summed E-state index contributed by atoms with van der Waals surface area (Å²) in [7, 11) is 0. The van der Waals surface area contributed by atoms with Crippen molar-refractivity contribution in [2.24, 2.45) is 0 Å². The molecule has 1 atom stereocenters. The lowest BCUT2D eigenvalue weighted by Crippen LogP contribution is -2.15. The molecule has 1 fully saturated rings. The molecule has 0 aliphatic carbocycles. The average molecular weight is 142 g/mol. The van der Waals surface area contributed by atoms with E-state index in [1.807, 2.05) is 0 Å². The molecular weight excluding hydrogens is 132 g/mol. The summed E-state index contributed by atoms with van der Waals surface area (Å²) in [6, 6.07) is 0. The summed E-state index contributed by atoms with van der Waals surface area (Å²) in [5, 5.41) is 8.46. The number of carboxylic acids is 1. The summed E-state index contributed by atoms with van der Waals surface area (Å²) in [6.45, 7) is 4.08. The molecule has 3 nitrogen and oxygen atoms in total. The Kier molecular flexibility index (Phi) is 2.06. The second-order valence-corrected chi connectivity index (χ2v) is 2.33. The van der Waals surface area contributed by atoms with E-state index in [0.29, 0.717) is 6.61 Å². The number of hydrogen-bond donors (Lipinski definition) is 1. The molecule has 3 heteroatoms. The molecule has 0 saturated carbocycles. The van der Waals surface area contributed by atoms with Gasteiger partial charge in [0, 0.05) is 6.61 Å². The fraction of sp³-hybridized carbons (Fsp3) is 0.571. The van der Waals surface area contributed by atoms with Crippen LogP contribution in [-0.4, -0.2) is 23.8 Å². The van der Waals surface area contributed by atoms with Gasteiger partial charge in [-0.1, -0.05) is 6.58 Å². The van der Waals surface area contributed by atoms with E-state index in [1.165, 1.54) is 0 Å². The van der Waals surface area contributed by atoms with E-state index in [4.69, 9.17) is 9.84 Å². The van der Waals surface area contributed by atoms with E-state index < -0.39 is 5.97 Å². The lowest BCUT2D eigenvalue weighted by molar-refractivity contribution is -0.133. The Balaban J connectivity index is 2.48. The summed E-state index contributed by atoms with van der Waals surface area (Å²) in [4.78, 5) is 10.3. The minimum Gasteiger partial charge on any atom is -0.478 e. The van der Waals surface area contributed by atoms with E-state index in [1.54, 1.807) is 0 Å². The Bertz CT molecular complexity index is 156. The van der Waals surface area contributed by atoms with Gasteiger partial charge in [0.1, 0.15) is 0 Å². The van der Waals surface area contributed by atoms with Gasteiger partial charge in [0.15, 0.2) is 0 Å². The van der Waals surface area contributed by atoms with Crippen molar-refractivity contribution in [2.75, 3.05) is 6.61 Å². The van der Waals surface area contributed by atoms with Gasteiger partial charge in [-0.15, -0.1) is 0 Å². The van der Waals surface area contributed by atoms with Crippen LogP contribution in [0.15, 0.2) is 12.2 Å². The number of ether oxygens (including phenoxy) is 1. The highest BCUT2D eigenvalue weighted by atomic mass is 16.5. The Morgan fingerprint density at radius 1 is 1.70 bits per heavy atom. The minimum atomic E-state index is -0.952. The molecule has 0 radical (unpaired) electrons. The van der Waals surface area contributed by atoms with E-state index >= 15 is 0 Å². The van der Waals surface area contributed by atoms with Crippen LogP contribution in [0, 0.1) is 0 Å². The van der Waals surface area contributed by atoms with Gasteiger partial charge in [0.2, 0.25) is 0 Å². The van der Waals surface area contributed by atoms with Crippen molar-refractivity contribution in [2.45, 2.75) is 18.9 Å². The minimum absolute atomic E-state index is 0.178. The van der Waals surface area contributed by atoms with Crippen LogP contribution in [0.25, 0.3) is 0 Å². The molecule has 56 valence electrons. The molecule has 0 aromatic heterocycles. The second-order valence-electron chi connectivity index (χ2n) is 2.33. The first-order valence-electron chi connectivity index (χ1n) is 3.25. The van der Waals surface area contributed by atoms with Crippen LogP contribution in [0.2, 0.25) is 0 Å². The van der Waals surface area contributed by atoms with Crippen molar-refractivity contribution in [3.05, 3.63) is 12.2 Å². The molecule has 1 rings (SSSR count). The smallest absolute Gasteiger partial charge is 0.333 e. The zero-order valence-electron chi connectivity index (χ0n) is 5.67. The SMILES string of the molecule is C=C(C(=O)O)C1CCCO1. The maximum atomic E-state index is 10.3. The summed E-state index contributed by atoms with van der Waals surface area (Å²) in [5.41, 5.74) is 0.178. The topological polar surface area (TPSA) is 46.5 Å². The fourth-order valence-electron chi connectivity index (χ4n) is 0.990. The van der Waals surface area contributed by atoms with Crippen molar-refractivity contribution < 1.29 is 14.6 Å². The fourth-order valence-corrected chi connectivity index (χ4v) is 0.990. The van der Waals surface area contributed by atoms with Gasteiger partial charge in [0.25, 0.3) is 0 Å². The van der Waals surface area contributed by atoms with E-state index in [2.05, 4.69) is 6.58 Å². The van der Waals surface area contributed by atoms with Gasteiger partial charge in [-0.25, -0.2) is 4.79 Å². The predicted octanol–water partition coefficient (Wildman–Crippen LogP) is 0.806. The zero-order valence-corrected chi connectivity index (χ0v) is 5.67. The Labute approximate surface area is 59.3 Å². The Morgan fingerprint density at radius 3 is 2.80 bits per heavy atom. The van der Waals surface area contributed by atoms with Crippen LogP contribution in [0.4, 0.5) is 0 Å². The molecule has 0 amide bonds. The zero-order chi connectivity index (χ0) is 7.56. The Hall–Kier alpha value is -0.830. The maximum absolute atomic E-state index is 10.3. The molecule has 10 heavy (non-hydrogen) atoms. The number of carbonyl (C=O) groups is 1. The summed E-state index contributed by atoms with van der Waals surface area (Å²) in [6.07, 6.45) is 1.50. The molecule has 1 saturated heterocycles. The number of rotatable bonds is 2. The predicted molar refractivity (Wildman–Crippen MR) is 35.7 cm³/mol. The highest BCUT2D eigenvalue weighted by Gasteiger charge is 2.22. The third-order valence-electron chi connectivity index (χ3n) is 1.59. The molecule has 1 aliphatic heterocycles. The monoisotopic (exact) mass is 142 g/mol. The highest BCUT2D eigenvalue weighted by molar-refractivity contribution is 5.86. The number of carboxylic acid groups (broad SMARTS) is 1. The molecule has 0 bridgehead atoms. The van der Waals surface area contributed by atoms with Gasteiger partial charge < -0.3 is 9.84 Å². The van der Waals surface area contributed by atoms with Crippen LogP contribution in [0.3, 0.4) is 0 Å². The summed E-state index contributed by atoms with van der Waals surface area (Å²) >= 11 is 0. The molecule has 0 aromatic rings. The third-order valence-corrected chi connectivity index (χ3v) is 1.59. The van der Waals surface area contributed by atoms with Crippen molar-refractivity contribution in [3.63, 3.8) is 0 Å². The largest absolute Gasteiger partial charge is 0.478 e. The van der Waals surface area contributed by atoms with Gasteiger partial charge >= 0.3 is 5.97 Å². The maximum Gasteiger partial charge on any atom is 0.333 e. The van der Waals surface area contributed by atoms with Crippen molar-refractivity contribution in [3.8, 4) is 0 Å². The summed E-state index contributed by atoms with van der Waals surface area (Å²) in [5.74, 6) is -0.952. The van der Waals surface area contributed by atoms with Gasteiger partial charge in [-0.05, 0) is 12.8 Å². The molecule has 0 spiro atoms. The standard InChI is InChI=1S/C7H10O3/c1-5(7(8)9)6-3-2-4-10-6/h6H,1-4H2,(H,8,9). The van der Waals surface area contributed by atoms with Crippen LogP contribution >= 0.6 is 0 Å². The van der Waals surface area contributed by atoms with Crippen LogP contribution in [0.5, 0.6) is 0 Å². The van der Waals surface area contributed by atoms with Crippen LogP contribution < -0.4 is 0 Å². The van der Waals surface area contributed by atoms with Crippen molar-refractivity contribution in [1.82, 2.24) is 0 Å². The van der Waals surface area contributed by atoms with E-state index in [0.717, 1.165) is 12.8 Å². The van der Waals surface area contributed by atoms with Crippen molar-refractivity contribution >= 4 is 5.97 Å².